The van der Waals surface area contributed by atoms with E-state index < -0.39 is 21.7 Å². The van der Waals surface area contributed by atoms with Gasteiger partial charge in [-0.15, -0.1) is 0 Å². The lowest BCUT2D eigenvalue weighted by Crippen LogP contribution is -2.19. The average Bonchev–Trinajstić information content (AvgIpc) is 2.46. The number of carboxylic acid groups (broad SMARTS) is 1. The standard InChI is InChI=1S/C15H22O5S/c1-3-21(18,19)10-6-8-13(15(16)17)11-12-7-4-5-9-14(12)20-2/h4-5,7,9,13H,3,6,8,10-11H2,1-2H3,(H,16,17). The van der Waals surface area contributed by atoms with Gasteiger partial charge < -0.3 is 9.84 Å². The van der Waals surface area contributed by atoms with Crippen LogP contribution < -0.4 is 4.74 Å². The van der Waals surface area contributed by atoms with Gasteiger partial charge in [0.25, 0.3) is 0 Å². The summed E-state index contributed by atoms with van der Waals surface area (Å²) in [6, 6.07) is 7.28. The molecule has 0 amide bonds. The van der Waals surface area contributed by atoms with Crippen molar-refractivity contribution in [2.24, 2.45) is 5.92 Å². The third kappa shape index (κ3) is 5.75. The van der Waals surface area contributed by atoms with Gasteiger partial charge in [0.15, 0.2) is 0 Å². The topological polar surface area (TPSA) is 80.7 Å². The van der Waals surface area contributed by atoms with Crippen LogP contribution in [0.4, 0.5) is 0 Å². The number of hydrogen-bond donors (Lipinski definition) is 1. The highest BCUT2D eigenvalue weighted by Crippen LogP contribution is 2.23. The fourth-order valence-corrected chi connectivity index (χ4v) is 3.04. The zero-order valence-electron chi connectivity index (χ0n) is 12.4. The monoisotopic (exact) mass is 314 g/mol. The van der Waals surface area contributed by atoms with Crippen molar-refractivity contribution in [3.05, 3.63) is 29.8 Å². The highest BCUT2D eigenvalue weighted by atomic mass is 32.2. The Kier molecular flexibility index (Phi) is 6.68. The number of para-hydroxylation sites is 1. The van der Waals surface area contributed by atoms with Gasteiger partial charge in [-0.05, 0) is 30.9 Å². The Hall–Kier alpha value is -1.56. The molecular weight excluding hydrogens is 292 g/mol. The van der Waals surface area contributed by atoms with Crippen LogP contribution in [0.5, 0.6) is 5.75 Å². The summed E-state index contributed by atoms with van der Waals surface area (Å²) in [5.74, 6) is -0.718. The summed E-state index contributed by atoms with van der Waals surface area (Å²) in [7, 11) is -1.50. The molecule has 1 N–H and O–H groups in total. The predicted octanol–water partition coefficient (Wildman–Crippen LogP) is 2.15. The van der Waals surface area contributed by atoms with E-state index in [4.69, 9.17) is 4.74 Å². The Morgan fingerprint density at radius 1 is 1.33 bits per heavy atom. The van der Waals surface area contributed by atoms with E-state index in [0.29, 0.717) is 25.0 Å². The van der Waals surface area contributed by atoms with Gasteiger partial charge in [0.05, 0.1) is 18.8 Å². The van der Waals surface area contributed by atoms with Crippen LogP contribution in [0.25, 0.3) is 0 Å². The number of ether oxygens (including phenoxy) is 1. The van der Waals surface area contributed by atoms with Crippen LogP contribution in [0.3, 0.4) is 0 Å². The van der Waals surface area contributed by atoms with Gasteiger partial charge in [-0.1, -0.05) is 25.1 Å². The third-order valence-corrected chi connectivity index (χ3v) is 5.25. The first kappa shape index (κ1) is 17.5. The second-order valence-corrected chi connectivity index (χ2v) is 7.40. The minimum atomic E-state index is -3.04. The number of aliphatic carboxylic acids is 1. The average molecular weight is 314 g/mol. The molecule has 0 aliphatic heterocycles. The molecule has 5 nitrogen and oxygen atoms in total. The minimum absolute atomic E-state index is 0.0409. The van der Waals surface area contributed by atoms with Crippen LogP contribution in [0.2, 0.25) is 0 Å². The number of methoxy groups -OCH3 is 1. The zero-order chi connectivity index (χ0) is 15.9. The second kappa shape index (κ2) is 8.02. The second-order valence-electron chi connectivity index (χ2n) is 4.93. The van der Waals surface area contributed by atoms with Gasteiger partial charge in [-0.25, -0.2) is 8.42 Å². The number of carbonyl (C=O) groups is 1. The number of carboxylic acids is 1. The molecule has 0 aliphatic rings. The SMILES string of the molecule is CCS(=O)(=O)CCCC(Cc1ccccc1OC)C(=O)O. The molecule has 0 saturated carbocycles. The van der Waals surface area contributed by atoms with E-state index in [1.54, 1.807) is 20.1 Å². The fraction of sp³-hybridized carbons (Fsp3) is 0.533. The highest BCUT2D eigenvalue weighted by Gasteiger charge is 2.20. The van der Waals surface area contributed by atoms with E-state index in [2.05, 4.69) is 0 Å². The Morgan fingerprint density at radius 3 is 2.57 bits per heavy atom. The molecule has 0 bridgehead atoms. The molecule has 1 rings (SSSR count). The molecule has 0 saturated heterocycles. The van der Waals surface area contributed by atoms with Crippen molar-refractivity contribution in [1.29, 1.82) is 0 Å². The molecule has 0 radical (unpaired) electrons. The smallest absolute Gasteiger partial charge is 0.306 e. The Bertz CT molecular complexity index is 565. The Labute approximate surface area is 125 Å². The normalized spacial score (nSPS) is 12.9. The summed E-state index contributed by atoms with van der Waals surface area (Å²) < 4.78 is 28.1. The van der Waals surface area contributed by atoms with Gasteiger partial charge in [-0.3, -0.25) is 4.79 Å². The van der Waals surface area contributed by atoms with Crippen LogP contribution in [-0.2, 0) is 21.1 Å². The molecule has 0 fully saturated rings. The molecule has 1 aromatic rings. The van der Waals surface area contributed by atoms with Crippen molar-refractivity contribution >= 4 is 15.8 Å². The number of benzene rings is 1. The van der Waals surface area contributed by atoms with E-state index in [0.717, 1.165) is 5.56 Å². The highest BCUT2D eigenvalue weighted by molar-refractivity contribution is 7.91. The summed E-state index contributed by atoms with van der Waals surface area (Å²) >= 11 is 0. The zero-order valence-corrected chi connectivity index (χ0v) is 13.2. The maximum atomic E-state index is 11.4. The van der Waals surface area contributed by atoms with E-state index >= 15 is 0 Å². The largest absolute Gasteiger partial charge is 0.496 e. The van der Waals surface area contributed by atoms with Crippen molar-refractivity contribution in [2.75, 3.05) is 18.6 Å². The van der Waals surface area contributed by atoms with Crippen LogP contribution in [0, 0.1) is 5.92 Å². The molecular formula is C15H22O5S. The van der Waals surface area contributed by atoms with Crippen LogP contribution in [0.15, 0.2) is 24.3 Å². The lowest BCUT2D eigenvalue weighted by Gasteiger charge is -2.14. The molecule has 1 atom stereocenters. The van der Waals surface area contributed by atoms with E-state index in [-0.39, 0.29) is 11.5 Å². The molecule has 0 spiro atoms. The minimum Gasteiger partial charge on any atom is -0.496 e. The summed E-state index contributed by atoms with van der Waals surface area (Å²) in [4.78, 5) is 11.3. The van der Waals surface area contributed by atoms with Crippen LogP contribution in [0.1, 0.15) is 25.3 Å². The maximum Gasteiger partial charge on any atom is 0.306 e. The van der Waals surface area contributed by atoms with E-state index in [1.807, 2.05) is 18.2 Å². The van der Waals surface area contributed by atoms with Crippen molar-refractivity contribution in [3.8, 4) is 5.75 Å². The number of sulfone groups is 1. The Balaban J connectivity index is 2.68. The van der Waals surface area contributed by atoms with Gasteiger partial charge in [-0.2, -0.15) is 0 Å². The number of rotatable bonds is 9. The molecule has 118 valence electrons. The van der Waals surface area contributed by atoms with Crippen molar-refractivity contribution in [2.45, 2.75) is 26.2 Å². The first-order valence-corrected chi connectivity index (χ1v) is 8.77. The van der Waals surface area contributed by atoms with Gasteiger partial charge in [0, 0.05) is 5.75 Å². The molecule has 0 aromatic heterocycles. The fourth-order valence-electron chi connectivity index (χ4n) is 2.14. The van der Waals surface area contributed by atoms with Crippen LogP contribution in [-0.4, -0.2) is 38.1 Å². The molecule has 0 aliphatic carbocycles. The first-order valence-electron chi connectivity index (χ1n) is 6.94. The van der Waals surface area contributed by atoms with Crippen molar-refractivity contribution < 1.29 is 23.1 Å². The maximum absolute atomic E-state index is 11.4. The Morgan fingerprint density at radius 2 is 2.00 bits per heavy atom. The summed E-state index contributed by atoms with van der Waals surface area (Å²) in [5.41, 5.74) is 0.825. The number of hydrogen-bond acceptors (Lipinski definition) is 4. The predicted molar refractivity (Wildman–Crippen MR) is 81.4 cm³/mol. The van der Waals surface area contributed by atoms with Crippen molar-refractivity contribution in [1.82, 2.24) is 0 Å². The molecule has 21 heavy (non-hydrogen) atoms. The lowest BCUT2D eigenvalue weighted by molar-refractivity contribution is -0.141. The summed E-state index contributed by atoms with van der Waals surface area (Å²) in [5, 5.41) is 9.29. The van der Waals surface area contributed by atoms with E-state index in [1.165, 1.54) is 0 Å². The third-order valence-electron chi connectivity index (χ3n) is 3.46. The summed E-state index contributed by atoms with van der Waals surface area (Å²) in [6.45, 7) is 1.60. The quantitative estimate of drug-likeness (QED) is 0.755. The van der Waals surface area contributed by atoms with Gasteiger partial charge in [0.2, 0.25) is 0 Å². The lowest BCUT2D eigenvalue weighted by atomic mass is 9.94. The molecule has 0 heterocycles. The summed E-state index contributed by atoms with van der Waals surface area (Å²) in [6.07, 6.45) is 1.04. The first-order chi connectivity index (χ1) is 9.89. The van der Waals surface area contributed by atoms with Crippen molar-refractivity contribution in [3.63, 3.8) is 0 Å². The molecule has 1 unspecified atom stereocenters. The van der Waals surface area contributed by atoms with E-state index in [9.17, 15) is 18.3 Å². The van der Waals surface area contributed by atoms with Crippen LogP contribution >= 0.6 is 0 Å². The van der Waals surface area contributed by atoms with Gasteiger partial charge >= 0.3 is 5.97 Å². The van der Waals surface area contributed by atoms with Gasteiger partial charge in [0.1, 0.15) is 15.6 Å². The molecule has 1 aromatic carbocycles. The molecule has 6 heteroatoms.